The summed E-state index contributed by atoms with van der Waals surface area (Å²) in [5.74, 6) is 0.758. The van der Waals surface area contributed by atoms with Crippen molar-refractivity contribution >= 4 is 11.7 Å². The second-order valence-corrected chi connectivity index (χ2v) is 5.12. The van der Waals surface area contributed by atoms with E-state index in [1.165, 1.54) is 0 Å². The summed E-state index contributed by atoms with van der Waals surface area (Å²) in [6, 6.07) is 7.15. The second kappa shape index (κ2) is 7.28. The highest BCUT2D eigenvalue weighted by Gasteiger charge is 2.30. The Morgan fingerprint density at radius 2 is 2.10 bits per heavy atom. The molecule has 21 heavy (non-hydrogen) atoms. The summed E-state index contributed by atoms with van der Waals surface area (Å²) in [6.45, 7) is 1.10. The summed E-state index contributed by atoms with van der Waals surface area (Å²) in [7, 11) is 3.31. The van der Waals surface area contributed by atoms with Gasteiger partial charge in [0.05, 0.1) is 13.2 Å². The third-order valence-electron chi connectivity index (χ3n) is 3.88. The third kappa shape index (κ3) is 3.86. The lowest BCUT2D eigenvalue weighted by atomic mass is 10.00. The average Bonchev–Trinajstić information content (AvgIpc) is 2.54. The lowest BCUT2D eigenvalue weighted by molar-refractivity contribution is 0.0292. The van der Waals surface area contributed by atoms with Crippen LogP contribution in [0.15, 0.2) is 24.3 Å². The van der Waals surface area contributed by atoms with Gasteiger partial charge in [0.1, 0.15) is 5.75 Å². The lowest BCUT2D eigenvalue weighted by Crippen LogP contribution is -2.52. The summed E-state index contributed by atoms with van der Waals surface area (Å²) in [5.41, 5.74) is 6.53. The van der Waals surface area contributed by atoms with Crippen molar-refractivity contribution < 1.29 is 14.3 Å². The molecule has 6 nitrogen and oxygen atoms in total. The van der Waals surface area contributed by atoms with Crippen LogP contribution in [-0.2, 0) is 4.74 Å². The Balaban J connectivity index is 1.98. The molecule has 0 aromatic heterocycles. The Morgan fingerprint density at radius 1 is 1.38 bits per heavy atom. The number of piperidine rings is 1. The molecule has 2 amide bonds. The molecule has 2 rings (SSSR count). The van der Waals surface area contributed by atoms with Gasteiger partial charge in [0.15, 0.2) is 0 Å². The van der Waals surface area contributed by atoms with Gasteiger partial charge in [0, 0.05) is 31.9 Å². The Labute approximate surface area is 125 Å². The Bertz CT molecular complexity index is 464. The monoisotopic (exact) mass is 293 g/mol. The normalized spacial score (nSPS) is 22.0. The summed E-state index contributed by atoms with van der Waals surface area (Å²) in [6.07, 6.45) is 1.80. The van der Waals surface area contributed by atoms with Gasteiger partial charge in [0.2, 0.25) is 0 Å². The molecule has 2 atom stereocenters. The van der Waals surface area contributed by atoms with E-state index in [9.17, 15) is 4.79 Å². The number of nitrogens with one attached hydrogen (secondary N) is 1. The van der Waals surface area contributed by atoms with Crippen molar-refractivity contribution in [1.29, 1.82) is 0 Å². The van der Waals surface area contributed by atoms with Gasteiger partial charge in [-0.3, -0.25) is 0 Å². The van der Waals surface area contributed by atoms with Crippen LogP contribution in [0.2, 0.25) is 0 Å². The number of rotatable bonds is 4. The quantitative estimate of drug-likeness (QED) is 0.885. The molecule has 0 radical (unpaired) electrons. The Kier molecular flexibility index (Phi) is 5.41. The van der Waals surface area contributed by atoms with Crippen molar-refractivity contribution in [2.45, 2.75) is 25.0 Å². The maximum Gasteiger partial charge on any atom is 0.322 e. The SMILES string of the molecule is COc1ccc(NC(=O)N2CCC(OC)CC2CN)cc1. The fraction of sp³-hybridized carbons (Fsp3) is 0.533. The minimum Gasteiger partial charge on any atom is -0.497 e. The van der Waals surface area contributed by atoms with Gasteiger partial charge < -0.3 is 25.4 Å². The molecule has 1 aromatic carbocycles. The minimum absolute atomic E-state index is 0.0157. The fourth-order valence-corrected chi connectivity index (χ4v) is 2.59. The molecule has 1 heterocycles. The van der Waals surface area contributed by atoms with E-state index in [2.05, 4.69) is 5.32 Å². The van der Waals surface area contributed by atoms with E-state index in [0.29, 0.717) is 13.1 Å². The average molecular weight is 293 g/mol. The highest BCUT2D eigenvalue weighted by molar-refractivity contribution is 5.89. The lowest BCUT2D eigenvalue weighted by Gasteiger charge is -2.38. The van der Waals surface area contributed by atoms with Crippen molar-refractivity contribution in [1.82, 2.24) is 4.90 Å². The van der Waals surface area contributed by atoms with Crippen LogP contribution in [0.1, 0.15) is 12.8 Å². The molecule has 1 aliphatic rings. The molecule has 3 N–H and O–H groups in total. The highest BCUT2D eigenvalue weighted by atomic mass is 16.5. The molecule has 6 heteroatoms. The van der Waals surface area contributed by atoms with E-state index < -0.39 is 0 Å². The van der Waals surface area contributed by atoms with Gasteiger partial charge in [-0.2, -0.15) is 0 Å². The standard InChI is InChI=1S/C15H23N3O3/c1-20-13-5-3-11(4-6-13)17-15(19)18-8-7-14(21-2)9-12(18)10-16/h3-6,12,14H,7-10,16H2,1-2H3,(H,17,19). The summed E-state index contributed by atoms with van der Waals surface area (Å²) < 4.78 is 10.5. The number of urea groups is 1. The summed E-state index contributed by atoms with van der Waals surface area (Å²) in [4.78, 5) is 14.2. The van der Waals surface area contributed by atoms with E-state index in [4.69, 9.17) is 15.2 Å². The third-order valence-corrected chi connectivity index (χ3v) is 3.88. The largest absolute Gasteiger partial charge is 0.497 e. The first-order chi connectivity index (χ1) is 10.2. The second-order valence-electron chi connectivity index (χ2n) is 5.12. The number of hydrogen-bond acceptors (Lipinski definition) is 4. The molecule has 1 aromatic rings. The number of anilines is 1. The van der Waals surface area contributed by atoms with Crippen molar-refractivity contribution in [3.8, 4) is 5.75 Å². The van der Waals surface area contributed by atoms with Crippen molar-refractivity contribution in [2.24, 2.45) is 5.73 Å². The Hall–Kier alpha value is -1.79. The van der Waals surface area contributed by atoms with Gasteiger partial charge in [0.25, 0.3) is 0 Å². The van der Waals surface area contributed by atoms with Crippen molar-refractivity contribution in [3.63, 3.8) is 0 Å². The molecule has 0 saturated carbocycles. The molecule has 116 valence electrons. The van der Waals surface area contributed by atoms with E-state index in [0.717, 1.165) is 24.3 Å². The van der Waals surface area contributed by atoms with Crippen LogP contribution in [0.3, 0.4) is 0 Å². The van der Waals surface area contributed by atoms with E-state index >= 15 is 0 Å². The predicted molar refractivity (Wildman–Crippen MR) is 81.6 cm³/mol. The van der Waals surface area contributed by atoms with Gasteiger partial charge in [-0.15, -0.1) is 0 Å². The molecule has 1 fully saturated rings. The summed E-state index contributed by atoms with van der Waals surface area (Å²) >= 11 is 0. The molecule has 0 aliphatic carbocycles. The zero-order valence-electron chi connectivity index (χ0n) is 12.5. The topological polar surface area (TPSA) is 76.8 Å². The van der Waals surface area contributed by atoms with Crippen molar-refractivity contribution in [3.05, 3.63) is 24.3 Å². The van der Waals surface area contributed by atoms with Gasteiger partial charge in [-0.25, -0.2) is 4.79 Å². The fourth-order valence-electron chi connectivity index (χ4n) is 2.59. The number of amides is 2. The first-order valence-corrected chi connectivity index (χ1v) is 7.12. The molecule has 2 unspecified atom stereocenters. The molecule has 1 aliphatic heterocycles. The van der Waals surface area contributed by atoms with Crippen LogP contribution < -0.4 is 15.8 Å². The number of benzene rings is 1. The van der Waals surface area contributed by atoms with Gasteiger partial charge >= 0.3 is 6.03 Å². The molecule has 0 spiro atoms. The number of likely N-dealkylation sites (tertiary alicyclic amines) is 1. The number of nitrogens with zero attached hydrogens (tertiary/aromatic N) is 1. The van der Waals surface area contributed by atoms with Crippen LogP contribution >= 0.6 is 0 Å². The van der Waals surface area contributed by atoms with Crippen LogP contribution in [0, 0.1) is 0 Å². The first-order valence-electron chi connectivity index (χ1n) is 7.12. The minimum atomic E-state index is -0.120. The van der Waals surface area contributed by atoms with Crippen molar-refractivity contribution in [2.75, 3.05) is 32.6 Å². The maximum absolute atomic E-state index is 12.4. The maximum atomic E-state index is 12.4. The number of ether oxygens (including phenoxy) is 2. The summed E-state index contributed by atoms with van der Waals surface area (Å²) in [5, 5.41) is 2.90. The zero-order chi connectivity index (χ0) is 15.2. The van der Waals surface area contributed by atoms with Crippen LogP contribution in [0.4, 0.5) is 10.5 Å². The zero-order valence-corrected chi connectivity index (χ0v) is 12.5. The Morgan fingerprint density at radius 3 is 2.67 bits per heavy atom. The van der Waals surface area contributed by atoms with Crippen LogP contribution in [-0.4, -0.2) is 50.4 Å². The molecular weight excluding hydrogens is 270 g/mol. The van der Waals surface area contributed by atoms with E-state index in [1.807, 2.05) is 24.3 Å². The molecular formula is C15H23N3O3. The molecule has 0 bridgehead atoms. The number of carbonyl (C=O) groups is 1. The highest BCUT2D eigenvalue weighted by Crippen LogP contribution is 2.21. The van der Waals surface area contributed by atoms with E-state index in [-0.39, 0.29) is 18.2 Å². The van der Waals surface area contributed by atoms with E-state index in [1.54, 1.807) is 19.1 Å². The number of hydrogen-bond donors (Lipinski definition) is 2. The van der Waals surface area contributed by atoms with Gasteiger partial charge in [-0.1, -0.05) is 0 Å². The van der Waals surface area contributed by atoms with Crippen LogP contribution in [0.5, 0.6) is 5.75 Å². The first kappa shape index (κ1) is 15.6. The number of methoxy groups -OCH3 is 2. The smallest absolute Gasteiger partial charge is 0.322 e. The number of carbonyl (C=O) groups excluding carboxylic acids is 1. The van der Waals surface area contributed by atoms with Gasteiger partial charge in [-0.05, 0) is 37.1 Å². The predicted octanol–water partition coefficient (Wildman–Crippen LogP) is 1.67. The number of nitrogens with two attached hydrogens (primary N) is 1. The molecule has 1 saturated heterocycles. The van der Waals surface area contributed by atoms with Crippen LogP contribution in [0.25, 0.3) is 0 Å².